The molecule has 1 atom stereocenters. The lowest BCUT2D eigenvalue weighted by molar-refractivity contribution is 0.296. The molecular weight excluding hydrogens is 359 g/mol. The molecule has 0 aliphatic rings. The monoisotopic (exact) mass is 372 g/mol. The number of benzene rings is 1. The lowest BCUT2D eigenvalue weighted by Gasteiger charge is -2.18. The maximum Gasteiger partial charge on any atom is 0.440 e. The summed E-state index contributed by atoms with van der Waals surface area (Å²) in [5.74, 6) is 1.09. The Labute approximate surface area is 125 Å². The number of hydrogen-bond donors (Lipinski definition) is 0. The van der Waals surface area contributed by atoms with Gasteiger partial charge in [-0.3, -0.25) is 4.52 Å². The van der Waals surface area contributed by atoms with Gasteiger partial charge < -0.3 is 4.52 Å². The highest BCUT2D eigenvalue weighted by Gasteiger charge is 2.27. The average Bonchev–Trinajstić information content (AvgIpc) is 2.31. The molecule has 0 aliphatic heterocycles. The van der Waals surface area contributed by atoms with Crippen molar-refractivity contribution in [3.63, 3.8) is 0 Å². The zero-order chi connectivity index (χ0) is 13.6. The second-order valence-electron chi connectivity index (χ2n) is 3.36. The van der Waals surface area contributed by atoms with Gasteiger partial charge >= 0.3 is 6.80 Å². The van der Waals surface area contributed by atoms with E-state index in [-0.39, 0.29) is 0 Å². The highest BCUT2D eigenvalue weighted by atomic mass is 79.9. The summed E-state index contributed by atoms with van der Waals surface area (Å²) in [6.45, 7) is 0.946. The Morgan fingerprint density at radius 2 is 2.17 bits per heavy atom. The van der Waals surface area contributed by atoms with Crippen molar-refractivity contribution in [2.75, 3.05) is 12.4 Å². The van der Waals surface area contributed by atoms with Crippen LogP contribution in [-0.4, -0.2) is 12.4 Å². The van der Waals surface area contributed by atoms with Crippen LogP contribution >= 0.6 is 45.7 Å². The third-order valence-electron chi connectivity index (χ3n) is 1.84. The van der Waals surface area contributed by atoms with Gasteiger partial charge in [-0.15, -0.1) is 0 Å². The van der Waals surface area contributed by atoms with Crippen LogP contribution in [0.4, 0.5) is 0 Å². The van der Waals surface area contributed by atoms with Gasteiger partial charge in [0.05, 0.1) is 11.6 Å². The fourth-order valence-electron chi connectivity index (χ4n) is 1.12. The molecule has 3 nitrogen and oxygen atoms in total. The molecule has 1 rings (SSSR count). The molecular formula is C11H15BrClO3PS. The van der Waals surface area contributed by atoms with Crippen molar-refractivity contribution >= 4 is 45.7 Å². The van der Waals surface area contributed by atoms with Gasteiger partial charge in [0.25, 0.3) is 0 Å². The van der Waals surface area contributed by atoms with E-state index >= 15 is 0 Å². The van der Waals surface area contributed by atoms with Gasteiger partial charge in [-0.25, -0.2) is 4.57 Å². The van der Waals surface area contributed by atoms with Crippen molar-refractivity contribution in [3.05, 3.63) is 27.7 Å². The molecule has 0 N–H and O–H groups in total. The van der Waals surface area contributed by atoms with E-state index in [4.69, 9.17) is 20.6 Å². The molecule has 0 heterocycles. The molecule has 0 aromatic heterocycles. The topological polar surface area (TPSA) is 35.5 Å². The zero-order valence-electron chi connectivity index (χ0n) is 10.2. The third kappa shape index (κ3) is 5.14. The smallest absolute Gasteiger partial charge is 0.415 e. The van der Waals surface area contributed by atoms with E-state index in [0.29, 0.717) is 23.1 Å². The molecule has 1 aromatic rings. The predicted molar refractivity (Wildman–Crippen MR) is 81.8 cm³/mol. The summed E-state index contributed by atoms with van der Waals surface area (Å²) in [7, 11) is 0. The second-order valence-corrected chi connectivity index (χ2v) is 8.81. The van der Waals surface area contributed by atoms with Crippen LogP contribution in [0.25, 0.3) is 0 Å². The normalized spacial score (nSPS) is 14.2. The first-order chi connectivity index (χ1) is 8.50. The van der Waals surface area contributed by atoms with E-state index in [9.17, 15) is 4.57 Å². The van der Waals surface area contributed by atoms with Gasteiger partial charge in [0.2, 0.25) is 0 Å². The molecule has 18 heavy (non-hydrogen) atoms. The van der Waals surface area contributed by atoms with Crippen LogP contribution in [0.1, 0.15) is 20.3 Å². The highest BCUT2D eigenvalue weighted by Crippen LogP contribution is 2.60. The van der Waals surface area contributed by atoms with E-state index in [1.54, 1.807) is 25.1 Å². The number of halogens is 2. The second kappa shape index (κ2) is 7.81. The van der Waals surface area contributed by atoms with Crippen molar-refractivity contribution in [1.29, 1.82) is 0 Å². The molecule has 0 bridgehead atoms. The van der Waals surface area contributed by atoms with Gasteiger partial charge in [-0.1, -0.05) is 34.5 Å². The minimum atomic E-state index is -3.18. The molecule has 0 unspecified atom stereocenters. The quantitative estimate of drug-likeness (QED) is 0.568. The summed E-state index contributed by atoms with van der Waals surface area (Å²) < 4.78 is 24.0. The van der Waals surface area contributed by atoms with Gasteiger partial charge in [0.15, 0.2) is 0 Å². The molecule has 0 saturated heterocycles. The predicted octanol–water partition coefficient (Wildman–Crippen LogP) is 5.77. The summed E-state index contributed by atoms with van der Waals surface area (Å²) in [4.78, 5) is 0. The van der Waals surface area contributed by atoms with Crippen LogP contribution in [0.2, 0.25) is 5.02 Å². The SMILES string of the molecule is CCCS[P@@](=O)(OCC)Oc1ccc(Br)cc1Cl. The Hall–Kier alpha value is 0.330. The first-order valence-electron chi connectivity index (χ1n) is 5.54. The average molecular weight is 374 g/mol. The van der Waals surface area contributed by atoms with E-state index in [1.165, 1.54) is 11.4 Å². The molecule has 102 valence electrons. The van der Waals surface area contributed by atoms with Crippen LogP contribution < -0.4 is 4.52 Å². The van der Waals surface area contributed by atoms with Gasteiger partial charge in [0.1, 0.15) is 5.75 Å². The summed E-state index contributed by atoms with van der Waals surface area (Å²) in [6.07, 6.45) is 0.902. The van der Waals surface area contributed by atoms with Crippen molar-refractivity contribution in [2.24, 2.45) is 0 Å². The molecule has 0 saturated carbocycles. The van der Waals surface area contributed by atoms with Crippen molar-refractivity contribution in [1.82, 2.24) is 0 Å². The van der Waals surface area contributed by atoms with E-state index in [0.717, 1.165) is 10.9 Å². The van der Waals surface area contributed by atoms with Crippen molar-refractivity contribution in [2.45, 2.75) is 20.3 Å². The molecule has 7 heteroatoms. The first kappa shape index (κ1) is 16.4. The van der Waals surface area contributed by atoms with E-state index in [2.05, 4.69) is 15.9 Å². The van der Waals surface area contributed by atoms with E-state index in [1.807, 2.05) is 6.92 Å². The number of hydrogen-bond acceptors (Lipinski definition) is 4. The van der Waals surface area contributed by atoms with Crippen molar-refractivity contribution in [3.8, 4) is 5.75 Å². The van der Waals surface area contributed by atoms with Crippen LogP contribution in [0.5, 0.6) is 5.75 Å². The largest absolute Gasteiger partial charge is 0.440 e. The molecule has 0 radical (unpaired) electrons. The standard InChI is InChI=1S/C11H15BrClO3PS/c1-3-7-18-17(14,15-4-2)16-11-6-5-9(12)8-10(11)13/h5-6,8H,3-4,7H2,1-2H3/t17-/m0/s1. The van der Waals surface area contributed by atoms with Gasteiger partial charge in [-0.05, 0) is 42.9 Å². The Balaban J connectivity index is 2.85. The Kier molecular flexibility index (Phi) is 7.11. The molecule has 0 aliphatic carbocycles. The van der Waals surface area contributed by atoms with Gasteiger partial charge in [-0.2, -0.15) is 0 Å². The van der Waals surface area contributed by atoms with E-state index < -0.39 is 6.80 Å². The minimum absolute atomic E-state index is 0.335. The van der Waals surface area contributed by atoms with Crippen LogP contribution in [0, 0.1) is 0 Å². The minimum Gasteiger partial charge on any atom is -0.415 e. The Morgan fingerprint density at radius 3 is 2.72 bits per heavy atom. The fraction of sp³-hybridized carbons (Fsp3) is 0.455. The number of rotatable bonds is 7. The van der Waals surface area contributed by atoms with Crippen LogP contribution in [0.3, 0.4) is 0 Å². The van der Waals surface area contributed by atoms with Crippen molar-refractivity contribution < 1.29 is 13.6 Å². The molecule has 0 spiro atoms. The lowest BCUT2D eigenvalue weighted by atomic mass is 10.3. The van der Waals surface area contributed by atoms with Gasteiger partial charge in [0, 0.05) is 10.2 Å². The molecule has 0 amide bonds. The summed E-state index contributed by atoms with van der Waals surface area (Å²) in [6, 6.07) is 5.14. The highest BCUT2D eigenvalue weighted by molar-refractivity contribution is 9.10. The first-order valence-corrected chi connectivity index (χ1v) is 9.85. The third-order valence-corrected chi connectivity index (χ3v) is 6.57. The summed E-state index contributed by atoms with van der Waals surface area (Å²) in [5.41, 5.74) is 0. The van der Waals surface area contributed by atoms with Crippen LogP contribution in [0.15, 0.2) is 22.7 Å². The Morgan fingerprint density at radius 1 is 1.44 bits per heavy atom. The lowest BCUT2D eigenvalue weighted by Crippen LogP contribution is -1.96. The molecule has 1 aromatic carbocycles. The zero-order valence-corrected chi connectivity index (χ0v) is 14.2. The Bertz CT molecular complexity index is 444. The summed E-state index contributed by atoms with van der Waals surface area (Å²) >= 11 is 10.5. The molecule has 0 fully saturated rings. The summed E-state index contributed by atoms with van der Waals surface area (Å²) in [5, 5.41) is 0.404. The van der Waals surface area contributed by atoms with Crippen LogP contribution in [-0.2, 0) is 9.09 Å². The maximum atomic E-state index is 12.4. The maximum absolute atomic E-state index is 12.4. The fourth-order valence-corrected chi connectivity index (χ4v) is 5.35.